The smallest absolute Gasteiger partial charge is 0.0761 e. The van der Waals surface area contributed by atoms with Crippen LogP contribution in [0.4, 0.5) is 0 Å². The minimum Gasteiger partial charge on any atom is -0.309 e. The molecule has 0 aliphatic carbocycles. The molecule has 1 N–H and O–H groups in total. The van der Waals surface area contributed by atoms with E-state index in [2.05, 4.69) is 75.3 Å². The fourth-order valence-corrected chi connectivity index (χ4v) is 5.02. The van der Waals surface area contributed by atoms with Crippen LogP contribution in [-0.4, -0.2) is 7.05 Å². The molecule has 18 heavy (non-hydrogen) atoms. The lowest BCUT2D eigenvalue weighted by Gasteiger charge is -2.19. The second-order valence-corrected chi connectivity index (χ2v) is 8.04. The molecule has 0 aliphatic heterocycles. The largest absolute Gasteiger partial charge is 0.309 e. The fourth-order valence-electron chi connectivity index (χ4n) is 2.11. The maximum absolute atomic E-state index is 3.65. The van der Waals surface area contributed by atoms with Gasteiger partial charge in [-0.3, -0.25) is 0 Å². The van der Waals surface area contributed by atoms with Crippen LogP contribution in [0.5, 0.6) is 0 Å². The van der Waals surface area contributed by atoms with Gasteiger partial charge < -0.3 is 5.32 Å². The number of aryl methyl sites for hydroxylation is 1. The molecule has 0 aliphatic rings. The number of rotatable bonds is 3. The Kier molecular flexibility index (Phi) is 4.64. The molecule has 1 atom stereocenters. The minimum atomic E-state index is 0.224. The van der Waals surface area contributed by atoms with Crippen molar-refractivity contribution >= 4 is 43.2 Å². The van der Waals surface area contributed by atoms with E-state index in [1.54, 1.807) is 11.3 Å². The topological polar surface area (TPSA) is 12.0 Å². The normalized spacial score (nSPS) is 12.7. The Balaban J connectivity index is 2.52. The van der Waals surface area contributed by atoms with Crippen molar-refractivity contribution in [1.82, 2.24) is 5.32 Å². The van der Waals surface area contributed by atoms with Crippen molar-refractivity contribution in [3.63, 3.8) is 0 Å². The molecule has 2 aromatic rings. The summed E-state index contributed by atoms with van der Waals surface area (Å²) in [6.45, 7) is 4.34. The van der Waals surface area contributed by atoms with Crippen molar-refractivity contribution in [2.75, 3.05) is 7.05 Å². The van der Waals surface area contributed by atoms with Crippen molar-refractivity contribution < 1.29 is 0 Å². The van der Waals surface area contributed by atoms with Crippen LogP contribution in [0.15, 0.2) is 31.8 Å². The summed E-state index contributed by atoms with van der Waals surface area (Å²) in [6, 6.07) is 8.88. The predicted molar refractivity (Wildman–Crippen MR) is 86.5 cm³/mol. The van der Waals surface area contributed by atoms with E-state index in [9.17, 15) is 0 Å². The maximum atomic E-state index is 3.65. The molecule has 0 fully saturated rings. The van der Waals surface area contributed by atoms with Crippen LogP contribution in [0.1, 0.15) is 28.3 Å². The Morgan fingerprint density at radius 2 is 1.89 bits per heavy atom. The van der Waals surface area contributed by atoms with E-state index in [0.29, 0.717) is 0 Å². The van der Waals surface area contributed by atoms with E-state index >= 15 is 0 Å². The third kappa shape index (κ3) is 2.72. The van der Waals surface area contributed by atoms with Crippen molar-refractivity contribution in [3.8, 4) is 0 Å². The van der Waals surface area contributed by atoms with Gasteiger partial charge in [-0.1, -0.05) is 18.2 Å². The molecular formula is C14H15Br2NS. The van der Waals surface area contributed by atoms with E-state index in [1.807, 2.05) is 7.05 Å². The van der Waals surface area contributed by atoms with Gasteiger partial charge in [0.2, 0.25) is 0 Å². The predicted octanol–water partition coefficient (Wildman–Crippen LogP) is 5.20. The molecule has 1 unspecified atom stereocenters. The summed E-state index contributed by atoms with van der Waals surface area (Å²) in [6.07, 6.45) is 0. The van der Waals surface area contributed by atoms with Crippen molar-refractivity contribution in [2.24, 2.45) is 0 Å². The summed E-state index contributed by atoms with van der Waals surface area (Å²) in [4.78, 5) is 0. The van der Waals surface area contributed by atoms with Crippen molar-refractivity contribution in [3.05, 3.63) is 54.1 Å². The number of nitrogens with one attached hydrogen (secondary N) is 1. The second-order valence-electron chi connectivity index (χ2n) is 4.29. The Bertz CT molecular complexity index is 563. The first-order valence-corrected chi connectivity index (χ1v) is 8.13. The molecule has 0 bridgehead atoms. The molecule has 4 heteroatoms. The third-order valence-electron chi connectivity index (χ3n) is 3.24. The molecular weight excluding hydrogens is 374 g/mol. The molecule has 1 aromatic carbocycles. The quantitative estimate of drug-likeness (QED) is 0.761. The Hall–Kier alpha value is -0.160. The van der Waals surface area contributed by atoms with Gasteiger partial charge in [-0.2, -0.15) is 0 Å². The molecule has 0 saturated carbocycles. The van der Waals surface area contributed by atoms with Crippen molar-refractivity contribution in [2.45, 2.75) is 19.9 Å². The Morgan fingerprint density at radius 1 is 1.17 bits per heavy atom. The van der Waals surface area contributed by atoms with Gasteiger partial charge >= 0.3 is 0 Å². The third-order valence-corrected chi connectivity index (χ3v) is 5.63. The summed E-state index contributed by atoms with van der Waals surface area (Å²) < 4.78 is 2.32. The Morgan fingerprint density at radius 3 is 2.44 bits per heavy atom. The van der Waals surface area contributed by atoms with Crippen LogP contribution in [0.25, 0.3) is 0 Å². The van der Waals surface area contributed by atoms with Crippen LogP contribution < -0.4 is 5.32 Å². The van der Waals surface area contributed by atoms with Gasteiger partial charge in [0.25, 0.3) is 0 Å². The van der Waals surface area contributed by atoms with Crippen LogP contribution in [0.3, 0.4) is 0 Å². The van der Waals surface area contributed by atoms with Crippen LogP contribution in [0.2, 0.25) is 0 Å². The van der Waals surface area contributed by atoms with Gasteiger partial charge in [-0.25, -0.2) is 0 Å². The highest BCUT2D eigenvalue weighted by atomic mass is 79.9. The molecule has 0 saturated heterocycles. The number of halogens is 2. The number of hydrogen-bond donors (Lipinski definition) is 1. The molecule has 0 radical (unpaired) electrons. The highest BCUT2D eigenvalue weighted by Crippen LogP contribution is 2.38. The summed E-state index contributed by atoms with van der Waals surface area (Å²) in [5, 5.41) is 3.41. The summed E-state index contributed by atoms with van der Waals surface area (Å²) in [5.41, 5.74) is 5.30. The SMILES string of the molecule is CNC(c1cc(Br)sc1Br)c1cccc(C)c1C. The van der Waals surface area contributed by atoms with Gasteiger partial charge in [-0.15, -0.1) is 11.3 Å². The fraction of sp³-hybridized carbons (Fsp3) is 0.286. The van der Waals surface area contributed by atoms with Gasteiger partial charge in [0.1, 0.15) is 0 Å². The van der Waals surface area contributed by atoms with Crippen LogP contribution in [-0.2, 0) is 0 Å². The molecule has 2 rings (SSSR count). The number of benzene rings is 1. The highest BCUT2D eigenvalue weighted by molar-refractivity contribution is 9.12. The van der Waals surface area contributed by atoms with E-state index in [1.165, 1.54) is 26.0 Å². The number of hydrogen-bond acceptors (Lipinski definition) is 2. The first kappa shape index (κ1) is 14.3. The highest BCUT2D eigenvalue weighted by Gasteiger charge is 2.19. The zero-order chi connectivity index (χ0) is 13.3. The summed E-state index contributed by atoms with van der Waals surface area (Å²) in [7, 11) is 2.00. The summed E-state index contributed by atoms with van der Waals surface area (Å²) in [5.74, 6) is 0. The standard InChI is InChI=1S/C14H15Br2NS/c1-8-5-4-6-10(9(8)2)13(17-3)11-7-12(15)18-14(11)16/h4-7,13,17H,1-3H3. The lowest BCUT2D eigenvalue weighted by molar-refractivity contribution is 0.686. The maximum Gasteiger partial charge on any atom is 0.0761 e. The van der Waals surface area contributed by atoms with E-state index in [0.717, 1.165) is 3.79 Å². The minimum absolute atomic E-state index is 0.224. The number of thiophene rings is 1. The monoisotopic (exact) mass is 387 g/mol. The first-order chi connectivity index (χ1) is 8.54. The first-order valence-electron chi connectivity index (χ1n) is 5.72. The molecule has 0 amide bonds. The van der Waals surface area contributed by atoms with Gasteiger partial charge in [-0.05, 0) is 81.1 Å². The molecule has 1 nitrogen and oxygen atoms in total. The van der Waals surface area contributed by atoms with Crippen molar-refractivity contribution in [1.29, 1.82) is 0 Å². The molecule has 96 valence electrons. The molecule has 1 heterocycles. The summed E-state index contributed by atoms with van der Waals surface area (Å²) >= 11 is 8.91. The van der Waals surface area contributed by atoms with Gasteiger partial charge in [0.15, 0.2) is 0 Å². The van der Waals surface area contributed by atoms with Gasteiger partial charge in [0.05, 0.1) is 13.6 Å². The van der Waals surface area contributed by atoms with Gasteiger partial charge in [0, 0.05) is 0 Å². The van der Waals surface area contributed by atoms with E-state index < -0.39 is 0 Å². The zero-order valence-electron chi connectivity index (χ0n) is 10.6. The van der Waals surface area contributed by atoms with Crippen LogP contribution >= 0.6 is 43.2 Å². The van der Waals surface area contributed by atoms with E-state index in [4.69, 9.17) is 0 Å². The van der Waals surface area contributed by atoms with Crippen LogP contribution in [0, 0.1) is 13.8 Å². The molecule has 1 aromatic heterocycles. The zero-order valence-corrected chi connectivity index (χ0v) is 14.5. The second kappa shape index (κ2) is 5.87. The van der Waals surface area contributed by atoms with E-state index in [-0.39, 0.29) is 6.04 Å². The lowest BCUT2D eigenvalue weighted by Crippen LogP contribution is -2.18. The average molecular weight is 389 g/mol. The lowest BCUT2D eigenvalue weighted by atomic mass is 9.94. The Labute approximate surface area is 129 Å². The average Bonchev–Trinajstić information content (AvgIpc) is 2.65. The molecule has 0 spiro atoms.